The van der Waals surface area contributed by atoms with Crippen LogP contribution in [0.2, 0.25) is 0 Å². The number of piperidine rings is 1. The van der Waals surface area contributed by atoms with Gasteiger partial charge in [0.2, 0.25) is 5.95 Å². The zero-order valence-corrected chi connectivity index (χ0v) is 14.6. The molecule has 6 heteroatoms. The molecule has 2 fully saturated rings. The summed E-state index contributed by atoms with van der Waals surface area (Å²) >= 11 is 0. The fourth-order valence-corrected chi connectivity index (χ4v) is 3.43. The second-order valence-electron chi connectivity index (χ2n) is 6.79. The minimum absolute atomic E-state index is 0.567. The molecule has 2 aliphatic heterocycles. The van der Waals surface area contributed by atoms with Gasteiger partial charge in [0.15, 0.2) is 0 Å². The minimum atomic E-state index is 0.567. The minimum Gasteiger partial charge on any atom is -0.378 e. The van der Waals surface area contributed by atoms with E-state index in [4.69, 9.17) is 9.72 Å². The number of hydrogen-bond donors (Lipinski definition) is 0. The van der Waals surface area contributed by atoms with Crippen LogP contribution in [-0.2, 0) is 4.74 Å². The van der Waals surface area contributed by atoms with Crippen LogP contribution in [-0.4, -0.2) is 73.4 Å². The highest BCUT2D eigenvalue weighted by molar-refractivity contribution is 5.44. The zero-order valence-electron chi connectivity index (χ0n) is 14.6. The van der Waals surface area contributed by atoms with E-state index >= 15 is 0 Å². The Morgan fingerprint density at radius 2 is 1.87 bits per heavy atom. The molecule has 23 heavy (non-hydrogen) atoms. The summed E-state index contributed by atoms with van der Waals surface area (Å²) in [6.45, 7) is 10.2. The Morgan fingerprint density at radius 1 is 1.17 bits per heavy atom. The largest absolute Gasteiger partial charge is 0.378 e. The van der Waals surface area contributed by atoms with Crippen molar-refractivity contribution in [2.24, 2.45) is 0 Å². The van der Waals surface area contributed by atoms with E-state index in [1.807, 2.05) is 12.3 Å². The summed E-state index contributed by atoms with van der Waals surface area (Å²) in [5.41, 5.74) is 0. The molecule has 1 aromatic rings. The molecule has 0 saturated carbocycles. The lowest BCUT2D eigenvalue weighted by molar-refractivity contribution is 0.122. The van der Waals surface area contributed by atoms with Gasteiger partial charge in [0.1, 0.15) is 5.82 Å². The van der Waals surface area contributed by atoms with Crippen LogP contribution < -0.4 is 9.80 Å². The number of aromatic nitrogens is 2. The first-order chi connectivity index (χ1) is 11.1. The second kappa shape index (κ2) is 7.45. The maximum atomic E-state index is 5.41. The van der Waals surface area contributed by atoms with Crippen LogP contribution in [0, 0.1) is 0 Å². The third-order valence-electron chi connectivity index (χ3n) is 5.06. The Kier molecular flexibility index (Phi) is 5.33. The number of rotatable bonds is 4. The molecule has 0 amide bonds. The lowest BCUT2D eigenvalue weighted by Crippen LogP contribution is -2.46. The predicted octanol–water partition coefficient (Wildman–Crippen LogP) is 1.62. The topological polar surface area (TPSA) is 44.7 Å². The van der Waals surface area contributed by atoms with Crippen molar-refractivity contribution in [2.45, 2.75) is 38.8 Å². The fraction of sp³-hybridized carbons (Fsp3) is 0.765. The molecule has 1 aromatic heterocycles. The van der Waals surface area contributed by atoms with Crippen molar-refractivity contribution in [1.29, 1.82) is 0 Å². The van der Waals surface area contributed by atoms with Gasteiger partial charge in [-0.25, -0.2) is 4.98 Å². The highest BCUT2D eigenvalue weighted by Gasteiger charge is 2.25. The van der Waals surface area contributed by atoms with Crippen LogP contribution in [0.1, 0.15) is 26.7 Å². The molecule has 6 nitrogen and oxygen atoms in total. The highest BCUT2D eigenvalue weighted by atomic mass is 16.5. The number of nitrogens with zero attached hydrogens (tertiary/aromatic N) is 5. The first-order valence-electron chi connectivity index (χ1n) is 8.78. The Morgan fingerprint density at radius 3 is 2.52 bits per heavy atom. The maximum absolute atomic E-state index is 5.41. The van der Waals surface area contributed by atoms with Crippen molar-refractivity contribution in [3.05, 3.63) is 12.3 Å². The number of morpholine rings is 1. The average molecular weight is 319 g/mol. The van der Waals surface area contributed by atoms with E-state index in [0.717, 1.165) is 38.1 Å². The number of hydrogen-bond acceptors (Lipinski definition) is 6. The van der Waals surface area contributed by atoms with Crippen LogP contribution >= 0.6 is 0 Å². The molecule has 0 N–H and O–H groups in total. The van der Waals surface area contributed by atoms with Crippen molar-refractivity contribution >= 4 is 11.8 Å². The van der Waals surface area contributed by atoms with E-state index in [1.54, 1.807) is 0 Å². The number of anilines is 2. The van der Waals surface area contributed by atoms with Crippen molar-refractivity contribution in [2.75, 3.05) is 56.2 Å². The summed E-state index contributed by atoms with van der Waals surface area (Å²) in [4.78, 5) is 16.4. The summed E-state index contributed by atoms with van der Waals surface area (Å²) in [6.07, 6.45) is 4.28. The van der Waals surface area contributed by atoms with Gasteiger partial charge >= 0.3 is 0 Å². The summed E-state index contributed by atoms with van der Waals surface area (Å²) in [6, 6.07) is 3.24. The molecule has 0 aliphatic carbocycles. The van der Waals surface area contributed by atoms with Crippen molar-refractivity contribution < 1.29 is 4.74 Å². The summed E-state index contributed by atoms with van der Waals surface area (Å²) in [5, 5.41) is 0. The standard InChI is InChI=1S/C17H29N5O/c1-14(2)21-8-5-15(6-9-21)20(3)16-4-7-18-17(19-16)22-10-12-23-13-11-22/h4,7,14-15H,5-6,8-13H2,1-3H3. The maximum Gasteiger partial charge on any atom is 0.227 e. The molecular weight excluding hydrogens is 290 g/mol. The monoisotopic (exact) mass is 319 g/mol. The highest BCUT2D eigenvalue weighted by Crippen LogP contribution is 2.23. The number of ether oxygens (including phenoxy) is 1. The molecule has 0 atom stereocenters. The Labute approximate surface area is 139 Å². The van der Waals surface area contributed by atoms with Gasteiger partial charge in [0.05, 0.1) is 13.2 Å². The summed E-state index contributed by atoms with van der Waals surface area (Å²) in [5.74, 6) is 1.86. The van der Waals surface area contributed by atoms with Crippen LogP contribution in [0.3, 0.4) is 0 Å². The van der Waals surface area contributed by atoms with E-state index in [1.165, 1.54) is 25.9 Å². The van der Waals surface area contributed by atoms with Crippen LogP contribution in [0.5, 0.6) is 0 Å². The quantitative estimate of drug-likeness (QED) is 0.840. The van der Waals surface area contributed by atoms with Crippen molar-refractivity contribution in [3.8, 4) is 0 Å². The molecule has 128 valence electrons. The molecule has 0 radical (unpaired) electrons. The zero-order chi connectivity index (χ0) is 16.2. The van der Waals surface area contributed by atoms with Crippen molar-refractivity contribution in [3.63, 3.8) is 0 Å². The molecule has 0 bridgehead atoms. The van der Waals surface area contributed by atoms with Gasteiger partial charge < -0.3 is 19.4 Å². The molecule has 3 rings (SSSR count). The molecule has 0 spiro atoms. The first-order valence-corrected chi connectivity index (χ1v) is 8.78. The summed E-state index contributed by atoms with van der Waals surface area (Å²) < 4.78 is 5.41. The van der Waals surface area contributed by atoms with Crippen LogP contribution in [0.15, 0.2) is 12.3 Å². The number of likely N-dealkylation sites (tertiary alicyclic amines) is 1. The summed E-state index contributed by atoms with van der Waals surface area (Å²) in [7, 11) is 2.17. The SMILES string of the molecule is CC(C)N1CCC(N(C)c2ccnc(N3CCOCC3)n2)CC1. The van der Waals surface area contributed by atoms with Gasteiger partial charge in [0, 0.05) is 51.5 Å². The fourth-order valence-electron chi connectivity index (χ4n) is 3.43. The smallest absolute Gasteiger partial charge is 0.227 e. The molecule has 2 aliphatic rings. The van der Waals surface area contributed by atoms with Crippen molar-refractivity contribution in [1.82, 2.24) is 14.9 Å². The predicted molar refractivity (Wildman–Crippen MR) is 93.2 cm³/mol. The van der Waals surface area contributed by atoms with Gasteiger partial charge in [-0.15, -0.1) is 0 Å². The average Bonchev–Trinajstić information content (AvgIpc) is 2.62. The first kappa shape index (κ1) is 16.5. The van der Waals surface area contributed by atoms with E-state index in [2.05, 4.69) is 40.6 Å². The third kappa shape index (κ3) is 3.93. The Hall–Kier alpha value is -1.40. The molecule has 0 aromatic carbocycles. The van der Waals surface area contributed by atoms with Gasteiger partial charge in [-0.2, -0.15) is 4.98 Å². The van der Waals surface area contributed by atoms with E-state index < -0.39 is 0 Å². The van der Waals surface area contributed by atoms with Gasteiger partial charge in [-0.1, -0.05) is 0 Å². The Bertz CT molecular complexity index is 496. The second-order valence-corrected chi connectivity index (χ2v) is 6.79. The third-order valence-corrected chi connectivity index (χ3v) is 5.06. The normalized spacial score (nSPS) is 21.0. The van der Waals surface area contributed by atoms with E-state index in [0.29, 0.717) is 12.1 Å². The van der Waals surface area contributed by atoms with Gasteiger partial charge in [-0.05, 0) is 32.8 Å². The van der Waals surface area contributed by atoms with E-state index in [9.17, 15) is 0 Å². The van der Waals surface area contributed by atoms with Gasteiger partial charge in [0.25, 0.3) is 0 Å². The van der Waals surface area contributed by atoms with Crippen LogP contribution in [0.4, 0.5) is 11.8 Å². The van der Waals surface area contributed by atoms with E-state index in [-0.39, 0.29) is 0 Å². The molecule has 0 unspecified atom stereocenters. The molecule has 3 heterocycles. The lowest BCUT2D eigenvalue weighted by Gasteiger charge is -2.39. The molecule has 2 saturated heterocycles. The Balaban J connectivity index is 1.64. The van der Waals surface area contributed by atoms with Crippen LogP contribution in [0.25, 0.3) is 0 Å². The lowest BCUT2D eigenvalue weighted by atomic mass is 10.0. The molecular formula is C17H29N5O. The van der Waals surface area contributed by atoms with Gasteiger partial charge in [-0.3, -0.25) is 0 Å².